The average Bonchev–Trinajstić information content (AvgIpc) is 3.01. The van der Waals surface area contributed by atoms with Crippen LogP contribution < -0.4 is 0 Å². The third-order valence-electron chi connectivity index (χ3n) is 4.10. The molecule has 1 atom stereocenters. The van der Waals surface area contributed by atoms with E-state index in [1.807, 2.05) is 37.3 Å². The molecule has 1 aliphatic heterocycles. The summed E-state index contributed by atoms with van der Waals surface area (Å²) in [5.74, 6) is 0. The molecule has 0 bridgehead atoms. The van der Waals surface area contributed by atoms with Gasteiger partial charge in [0.15, 0.2) is 0 Å². The van der Waals surface area contributed by atoms with Crippen LogP contribution >= 0.6 is 0 Å². The number of hydrogen-bond acceptors (Lipinski definition) is 3. The molecule has 0 aromatic heterocycles. The van der Waals surface area contributed by atoms with Gasteiger partial charge in [0.05, 0.1) is 17.5 Å². The molecule has 2 aromatic carbocycles. The molecule has 23 heavy (non-hydrogen) atoms. The lowest BCUT2D eigenvalue weighted by Crippen LogP contribution is -2.32. The molecule has 4 nitrogen and oxygen atoms in total. The molecule has 0 saturated heterocycles. The van der Waals surface area contributed by atoms with Crippen LogP contribution in [-0.4, -0.2) is 31.0 Å². The largest absolute Gasteiger partial charge is 0.392 e. The first kappa shape index (κ1) is 15.9. The lowest BCUT2D eigenvalue weighted by atomic mass is 10.0. The molecule has 0 aliphatic carbocycles. The number of sulfonamides is 1. The average molecular weight is 329 g/mol. The van der Waals surface area contributed by atoms with E-state index in [4.69, 9.17) is 0 Å². The molecule has 120 valence electrons. The van der Waals surface area contributed by atoms with E-state index in [1.54, 1.807) is 30.3 Å². The molecule has 0 spiro atoms. The van der Waals surface area contributed by atoms with Crippen molar-refractivity contribution in [3.63, 3.8) is 0 Å². The molecule has 2 aromatic rings. The SMILES string of the molecule is Cc1ccc(S(=O)(=O)N2CC=C(CO)[C@H]2c2ccccc2)cc1. The van der Waals surface area contributed by atoms with Gasteiger partial charge in [-0.15, -0.1) is 0 Å². The predicted octanol–water partition coefficient (Wildman–Crippen LogP) is 2.66. The maximum Gasteiger partial charge on any atom is 0.244 e. The zero-order chi connectivity index (χ0) is 16.4. The van der Waals surface area contributed by atoms with Crippen molar-refractivity contribution >= 4 is 10.0 Å². The second-order valence-corrected chi connectivity index (χ2v) is 7.53. The minimum Gasteiger partial charge on any atom is -0.392 e. The van der Waals surface area contributed by atoms with Crippen molar-refractivity contribution in [2.24, 2.45) is 0 Å². The Labute approximate surface area is 136 Å². The van der Waals surface area contributed by atoms with Crippen molar-refractivity contribution in [2.75, 3.05) is 13.2 Å². The van der Waals surface area contributed by atoms with Crippen LogP contribution in [0.1, 0.15) is 17.2 Å². The first-order chi connectivity index (χ1) is 11.0. The van der Waals surface area contributed by atoms with Gasteiger partial charge in [-0.05, 0) is 30.2 Å². The molecule has 0 unspecified atom stereocenters. The van der Waals surface area contributed by atoms with Gasteiger partial charge in [0.2, 0.25) is 10.0 Å². The Bertz CT molecular complexity index is 811. The summed E-state index contributed by atoms with van der Waals surface area (Å²) in [5, 5.41) is 9.60. The van der Waals surface area contributed by atoms with Crippen molar-refractivity contribution in [1.29, 1.82) is 0 Å². The summed E-state index contributed by atoms with van der Waals surface area (Å²) < 4.78 is 27.4. The Morgan fingerprint density at radius 1 is 1.09 bits per heavy atom. The quantitative estimate of drug-likeness (QED) is 0.878. The van der Waals surface area contributed by atoms with Crippen LogP contribution in [0.4, 0.5) is 0 Å². The van der Waals surface area contributed by atoms with Gasteiger partial charge in [-0.3, -0.25) is 0 Å². The Balaban J connectivity index is 2.03. The molecule has 0 radical (unpaired) electrons. The molecular weight excluding hydrogens is 310 g/mol. The fraction of sp³-hybridized carbons (Fsp3) is 0.222. The number of benzene rings is 2. The van der Waals surface area contributed by atoms with Gasteiger partial charge in [-0.25, -0.2) is 8.42 Å². The van der Waals surface area contributed by atoms with Crippen LogP contribution in [0.5, 0.6) is 0 Å². The minimum atomic E-state index is -3.63. The zero-order valence-corrected chi connectivity index (χ0v) is 13.7. The Morgan fingerprint density at radius 3 is 2.35 bits per heavy atom. The van der Waals surface area contributed by atoms with Gasteiger partial charge in [-0.2, -0.15) is 4.31 Å². The van der Waals surface area contributed by atoms with Gasteiger partial charge in [-0.1, -0.05) is 54.1 Å². The first-order valence-corrected chi connectivity index (χ1v) is 8.91. The van der Waals surface area contributed by atoms with Gasteiger partial charge in [0, 0.05) is 6.54 Å². The third-order valence-corrected chi connectivity index (χ3v) is 5.94. The highest BCUT2D eigenvalue weighted by Crippen LogP contribution is 2.37. The highest BCUT2D eigenvalue weighted by Gasteiger charge is 2.37. The van der Waals surface area contributed by atoms with E-state index in [0.717, 1.165) is 11.1 Å². The van der Waals surface area contributed by atoms with E-state index in [9.17, 15) is 13.5 Å². The van der Waals surface area contributed by atoms with Crippen molar-refractivity contribution < 1.29 is 13.5 Å². The van der Waals surface area contributed by atoms with Gasteiger partial charge >= 0.3 is 0 Å². The Kier molecular flexibility index (Phi) is 4.35. The van der Waals surface area contributed by atoms with Crippen LogP contribution in [0.15, 0.2) is 71.1 Å². The van der Waals surface area contributed by atoms with Crippen molar-refractivity contribution in [2.45, 2.75) is 17.9 Å². The van der Waals surface area contributed by atoms with Gasteiger partial charge < -0.3 is 5.11 Å². The third kappa shape index (κ3) is 2.95. The zero-order valence-electron chi connectivity index (χ0n) is 12.9. The summed E-state index contributed by atoms with van der Waals surface area (Å²) in [7, 11) is -3.63. The van der Waals surface area contributed by atoms with E-state index in [2.05, 4.69) is 0 Å². The summed E-state index contributed by atoms with van der Waals surface area (Å²) >= 11 is 0. The van der Waals surface area contributed by atoms with Crippen molar-refractivity contribution in [3.8, 4) is 0 Å². The number of aryl methyl sites for hydroxylation is 1. The molecule has 3 rings (SSSR count). The predicted molar refractivity (Wildman–Crippen MR) is 89.4 cm³/mol. The maximum atomic E-state index is 13.0. The molecule has 0 amide bonds. The lowest BCUT2D eigenvalue weighted by molar-refractivity contribution is 0.307. The maximum absolute atomic E-state index is 13.0. The lowest BCUT2D eigenvalue weighted by Gasteiger charge is -2.26. The fourth-order valence-electron chi connectivity index (χ4n) is 2.86. The molecule has 1 heterocycles. The fourth-order valence-corrected chi connectivity index (χ4v) is 4.41. The van der Waals surface area contributed by atoms with E-state index in [1.165, 1.54) is 4.31 Å². The molecule has 1 aliphatic rings. The standard InChI is InChI=1S/C18H19NO3S/c1-14-7-9-17(10-8-14)23(21,22)19-12-11-16(13-20)18(19)15-5-3-2-4-6-15/h2-11,18,20H,12-13H2,1H3/t18-/m1/s1. The summed E-state index contributed by atoms with van der Waals surface area (Å²) in [4.78, 5) is 0.275. The molecule has 5 heteroatoms. The highest BCUT2D eigenvalue weighted by molar-refractivity contribution is 7.89. The monoisotopic (exact) mass is 329 g/mol. The van der Waals surface area contributed by atoms with Gasteiger partial charge in [0.25, 0.3) is 0 Å². The topological polar surface area (TPSA) is 57.6 Å². The first-order valence-electron chi connectivity index (χ1n) is 7.47. The van der Waals surface area contributed by atoms with E-state index < -0.39 is 16.1 Å². The van der Waals surface area contributed by atoms with Crippen LogP contribution in [0.3, 0.4) is 0 Å². The number of nitrogens with zero attached hydrogens (tertiary/aromatic N) is 1. The number of rotatable bonds is 4. The smallest absolute Gasteiger partial charge is 0.244 e. The number of hydrogen-bond donors (Lipinski definition) is 1. The number of aliphatic hydroxyl groups is 1. The second kappa shape index (κ2) is 6.28. The van der Waals surface area contributed by atoms with Crippen LogP contribution in [0.25, 0.3) is 0 Å². The highest BCUT2D eigenvalue weighted by atomic mass is 32.2. The van der Waals surface area contributed by atoms with E-state index in [0.29, 0.717) is 5.57 Å². The minimum absolute atomic E-state index is 0.153. The van der Waals surface area contributed by atoms with Crippen LogP contribution in [0.2, 0.25) is 0 Å². The van der Waals surface area contributed by atoms with Crippen LogP contribution in [0, 0.1) is 6.92 Å². The van der Waals surface area contributed by atoms with Crippen molar-refractivity contribution in [3.05, 3.63) is 77.4 Å². The second-order valence-electron chi connectivity index (χ2n) is 5.64. The van der Waals surface area contributed by atoms with Crippen LogP contribution in [-0.2, 0) is 10.0 Å². The summed E-state index contributed by atoms with van der Waals surface area (Å²) in [6, 6.07) is 15.8. The molecule has 0 fully saturated rings. The normalized spacial score (nSPS) is 18.9. The summed E-state index contributed by atoms with van der Waals surface area (Å²) in [6.07, 6.45) is 1.80. The molecule has 1 N–H and O–H groups in total. The van der Waals surface area contributed by atoms with E-state index >= 15 is 0 Å². The summed E-state index contributed by atoms with van der Waals surface area (Å²) in [5.41, 5.74) is 2.59. The number of aliphatic hydroxyl groups excluding tert-OH is 1. The Hall–Kier alpha value is -1.95. The Morgan fingerprint density at radius 2 is 1.74 bits per heavy atom. The molecule has 0 saturated carbocycles. The summed E-state index contributed by atoms with van der Waals surface area (Å²) in [6.45, 7) is 2.04. The van der Waals surface area contributed by atoms with Crippen molar-refractivity contribution in [1.82, 2.24) is 4.31 Å². The molecular formula is C18H19NO3S. The van der Waals surface area contributed by atoms with Gasteiger partial charge in [0.1, 0.15) is 0 Å². The van der Waals surface area contributed by atoms with E-state index in [-0.39, 0.29) is 18.0 Å².